The second kappa shape index (κ2) is 2.67. The first-order valence-corrected chi connectivity index (χ1v) is 2.38. The van der Waals surface area contributed by atoms with E-state index in [1.54, 1.807) is 0 Å². The minimum absolute atomic E-state index is 2.71. The molecule has 3 N–H and O–H groups in total. The van der Waals surface area contributed by atoms with E-state index < -0.39 is 44.0 Å². The molecule has 0 aromatic carbocycles. The summed E-state index contributed by atoms with van der Waals surface area (Å²) in [6.45, 7) is -3.36. The molecule has 0 spiro atoms. The zero-order chi connectivity index (χ0) is 16.6. The molecule has 54 valence electrons. The van der Waals surface area contributed by atoms with E-state index in [0.29, 0.717) is 0 Å². The Labute approximate surface area is 71.5 Å². The first-order valence-electron chi connectivity index (χ1n) is 7.88. The fourth-order valence-electron chi connectivity index (χ4n) is 0.460. The van der Waals surface area contributed by atoms with Crippen molar-refractivity contribution < 1.29 is 20.2 Å². The van der Waals surface area contributed by atoms with Gasteiger partial charge in [0.25, 0.3) is 0 Å². The number of hydrogen-bond donors (Lipinski definition) is 2. The third-order valence-corrected chi connectivity index (χ3v) is 0.887. The zero-order valence-corrected chi connectivity index (χ0v) is 4.60. The van der Waals surface area contributed by atoms with Gasteiger partial charge >= 0.3 is 0 Å². The molecular formula is C7H15NO. The van der Waals surface area contributed by atoms with Crippen LogP contribution >= 0.6 is 0 Å². The third kappa shape index (κ3) is 1.66. The van der Waals surface area contributed by atoms with Crippen molar-refractivity contribution in [1.29, 1.82) is 0 Å². The molecule has 0 aromatic rings. The molecule has 0 heterocycles. The van der Waals surface area contributed by atoms with Gasteiger partial charge in [-0.15, -0.1) is 0 Å². The largest absolute Gasteiger partial charge is 0.393 e. The molecule has 9 heavy (non-hydrogen) atoms. The fourth-order valence-corrected chi connectivity index (χ4v) is 0.460. The standard InChI is InChI=1S/C7H15NO/c1-5-2-3-6(8)4-7(5)9/h5-7,9H,2-4,8H2,1H3/t5-,6-,7-/m1/s1/i1D3,2D2,3D2,4D2,6D,7D. The molecule has 3 atom stereocenters. The van der Waals surface area contributed by atoms with Crippen LogP contribution in [0.15, 0.2) is 0 Å². The molecule has 2 heteroatoms. The maximum atomic E-state index is 9.93. The van der Waals surface area contributed by atoms with Gasteiger partial charge in [0.15, 0.2) is 0 Å². The molecule has 2 nitrogen and oxygen atoms in total. The van der Waals surface area contributed by atoms with Gasteiger partial charge in [-0.1, -0.05) is 6.85 Å². The summed E-state index contributed by atoms with van der Waals surface area (Å²) in [5, 5.41) is 9.93. The Kier molecular flexibility index (Phi) is 0.418. The Morgan fingerprint density at radius 3 is 3.33 bits per heavy atom. The summed E-state index contributed by atoms with van der Waals surface area (Å²) in [5.41, 5.74) is 5.20. The van der Waals surface area contributed by atoms with Gasteiger partial charge in [0.2, 0.25) is 0 Å². The normalized spacial score (nSPS) is 97.6. The number of hydrogen-bond acceptors (Lipinski definition) is 2. The van der Waals surface area contributed by atoms with E-state index in [1.807, 2.05) is 0 Å². The lowest BCUT2D eigenvalue weighted by atomic mass is 9.85. The highest BCUT2D eigenvalue weighted by Crippen LogP contribution is 2.22. The Balaban J connectivity index is 3.74. The van der Waals surface area contributed by atoms with Crippen molar-refractivity contribution in [1.82, 2.24) is 0 Å². The molecule has 0 aromatic heterocycles. The zero-order valence-electron chi connectivity index (χ0n) is 15.6. The maximum Gasteiger partial charge on any atom is 0.0604 e. The second-order valence-corrected chi connectivity index (χ2v) is 1.63. The van der Waals surface area contributed by atoms with Crippen molar-refractivity contribution in [2.24, 2.45) is 11.7 Å². The van der Waals surface area contributed by atoms with Crippen LogP contribution in [0.5, 0.6) is 0 Å². The molecule has 0 saturated heterocycles. The molecule has 1 saturated carbocycles. The van der Waals surface area contributed by atoms with E-state index in [0.717, 1.165) is 0 Å². The van der Waals surface area contributed by atoms with Crippen LogP contribution < -0.4 is 5.73 Å². The van der Waals surface area contributed by atoms with Crippen molar-refractivity contribution in [3.63, 3.8) is 0 Å². The fraction of sp³-hybridized carbons (Fsp3) is 1.00. The van der Waals surface area contributed by atoms with Crippen LogP contribution in [0.2, 0.25) is 0 Å². The predicted octanol–water partition coefficient (Wildman–Crippen LogP) is 0.495. The second-order valence-electron chi connectivity index (χ2n) is 1.63. The Morgan fingerprint density at radius 2 is 2.67 bits per heavy atom. The molecule has 1 fully saturated rings. The summed E-state index contributed by atoms with van der Waals surface area (Å²) >= 11 is 0. The van der Waals surface area contributed by atoms with Crippen molar-refractivity contribution in [3.05, 3.63) is 0 Å². The number of rotatable bonds is 0. The van der Waals surface area contributed by atoms with Crippen LogP contribution in [-0.2, 0) is 0 Å². The van der Waals surface area contributed by atoms with Gasteiger partial charge in [-0.2, -0.15) is 0 Å². The smallest absolute Gasteiger partial charge is 0.0604 e. The van der Waals surface area contributed by atoms with E-state index in [9.17, 15) is 5.11 Å². The molecule has 0 bridgehead atoms. The minimum Gasteiger partial charge on any atom is -0.393 e. The molecule has 0 unspecified atom stereocenters. The summed E-state index contributed by atoms with van der Waals surface area (Å²) in [6.07, 6.45) is -14.0. The van der Waals surface area contributed by atoms with Crippen LogP contribution in [-0.4, -0.2) is 17.2 Å². The van der Waals surface area contributed by atoms with E-state index in [2.05, 4.69) is 0 Å². The van der Waals surface area contributed by atoms with Gasteiger partial charge in [0, 0.05) is 19.7 Å². The quantitative estimate of drug-likeness (QED) is 0.514. The summed E-state index contributed by atoms with van der Waals surface area (Å²) in [7, 11) is 0. The lowest BCUT2D eigenvalue weighted by Crippen LogP contribution is -2.35. The van der Waals surface area contributed by atoms with Crippen LogP contribution in [0.25, 0.3) is 0 Å². The number of aliphatic hydroxyl groups is 1. The van der Waals surface area contributed by atoms with Crippen LogP contribution in [0.4, 0.5) is 0 Å². The molecule has 0 aliphatic heterocycles. The monoisotopic (exact) mass is 140 g/mol. The summed E-state index contributed by atoms with van der Waals surface area (Å²) in [4.78, 5) is 0. The lowest BCUT2D eigenvalue weighted by molar-refractivity contribution is 0.0708. The average Bonchev–Trinajstić information content (AvgIpc) is 2.11. The first-order chi connectivity index (χ1) is 8.37. The van der Waals surface area contributed by atoms with E-state index in [1.165, 1.54) is 0 Å². The van der Waals surface area contributed by atoms with Gasteiger partial charge in [-0.05, 0) is 25.0 Å². The summed E-state index contributed by atoms with van der Waals surface area (Å²) < 4.78 is 82.1. The van der Waals surface area contributed by atoms with E-state index in [-0.39, 0.29) is 0 Å². The van der Waals surface area contributed by atoms with Gasteiger partial charge in [0.1, 0.15) is 0 Å². The van der Waals surface area contributed by atoms with Crippen LogP contribution in [0.1, 0.15) is 41.0 Å². The van der Waals surface area contributed by atoms with Gasteiger partial charge in [-0.25, -0.2) is 0 Å². The Bertz CT molecular complexity index is 381. The van der Waals surface area contributed by atoms with Gasteiger partial charge in [-0.3, -0.25) is 0 Å². The van der Waals surface area contributed by atoms with Crippen LogP contribution in [0, 0.1) is 5.92 Å². The lowest BCUT2D eigenvalue weighted by Gasteiger charge is -2.28. The maximum absolute atomic E-state index is 9.93. The molecule has 1 aliphatic carbocycles. The molecule has 1 rings (SSSR count). The molecular weight excluding hydrogens is 114 g/mol. The van der Waals surface area contributed by atoms with Crippen molar-refractivity contribution in [3.8, 4) is 0 Å². The van der Waals surface area contributed by atoms with Crippen molar-refractivity contribution >= 4 is 0 Å². The molecule has 0 radical (unpaired) electrons. The summed E-state index contributed by atoms with van der Waals surface area (Å²) in [5.74, 6) is -2.71. The minimum atomic E-state index is -3.61. The Morgan fingerprint density at radius 1 is 1.89 bits per heavy atom. The third-order valence-electron chi connectivity index (χ3n) is 0.887. The van der Waals surface area contributed by atoms with Crippen molar-refractivity contribution in [2.75, 3.05) is 0 Å². The van der Waals surface area contributed by atoms with Crippen LogP contribution in [0.3, 0.4) is 0 Å². The molecule has 1 aliphatic rings. The summed E-state index contributed by atoms with van der Waals surface area (Å²) in [6, 6.07) is -3.36. The van der Waals surface area contributed by atoms with Crippen molar-refractivity contribution in [2.45, 2.75) is 38.1 Å². The highest BCUT2D eigenvalue weighted by Gasteiger charge is 2.22. The SMILES string of the molecule is [2H]C([2H])([2H])[C@@H]1C([2H])([2H])C([2H])([2H])[C@@]([2H])(N)C([2H])([2H])[C@@]1([2H])O. The average molecular weight is 140 g/mol. The highest BCUT2D eigenvalue weighted by atomic mass is 16.3. The van der Waals surface area contributed by atoms with Gasteiger partial charge in [0.05, 0.1) is 7.45 Å². The Hall–Kier alpha value is -0.0800. The topological polar surface area (TPSA) is 46.2 Å². The first kappa shape index (κ1) is 1.41. The van der Waals surface area contributed by atoms with E-state index in [4.69, 9.17) is 20.8 Å². The number of nitrogens with two attached hydrogens (primary N) is 1. The molecule has 0 amide bonds. The van der Waals surface area contributed by atoms with E-state index >= 15 is 0 Å². The van der Waals surface area contributed by atoms with Gasteiger partial charge < -0.3 is 10.8 Å². The predicted molar refractivity (Wildman–Crippen MR) is 37.0 cm³/mol. The highest BCUT2D eigenvalue weighted by molar-refractivity contribution is 4.78.